The van der Waals surface area contributed by atoms with Gasteiger partial charge in [0.05, 0.1) is 27.1 Å². The number of nitrogens with zero attached hydrogens (tertiary/aromatic N) is 1. The van der Waals surface area contributed by atoms with Gasteiger partial charge < -0.3 is 15.2 Å². The van der Waals surface area contributed by atoms with Crippen LogP contribution in [0.1, 0.15) is 13.8 Å². The molecule has 0 atom stereocenters. The minimum atomic E-state index is -0.444. The van der Waals surface area contributed by atoms with E-state index >= 15 is 0 Å². The van der Waals surface area contributed by atoms with Gasteiger partial charge >= 0.3 is 0 Å². The standard InChI is InChI=1S/C8H8BrNO3.C8H10BrNO/c1-2-13-8-4-3-6(10(11)12)5-7(8)9;1-2-11-8-4-3-6(10)5-7(8)9/h3-5H,2H2,1H3;3-5H,2,10H2,1H3. The van der Waals surface area contributed by atoms with Gasteiger partial charge in [-0.2, -0.15) is 0 Å². The number of nitrogens with two attached hydrogens (primary N) is 1. The molecule has 130 valence electrons. The Morgan fingerprint density at radius 2 is 1.50 bits per heavy atom. The zero-order valence-electron chi connectivity index (χ0n) is 13.3. The maximum absolute atomic E-state index is 10.4. The molecule has 0 radical (unpaired) electrons. The van der Waals surface area contributed by atoms with Crippen LogP contribution in [0.2, 0.25) is 0 Å². The van der Waals surface area contributed by atoms with E-state index in [1.807, 2.05) is 32.0 Å². The second-order valence-corrected chi connectivity index (χ2v) is 6.14. The third kappa shape index (κ3) is 6.37. The quantitative estimate of drug-likeness (QED) is 0.376. The Balaban J connectivity index is 0.000000243. The Bertz CT molecular complexity index is 696. The first-order valence-electron chi connectivity index (χ1n) is 7.13. The van der Waals surface area contributed by atoms with E-state index in [9.17, 15) is 10.1 Å². The molecule has 0 amide bonds. The average molecular weight is 462 g/mol. The Morgan fingerprint density at radius 3 is 1.92 bits per heavy atom. The van der Waals surface area contributed by atoms with Crippen molar-refractivity contribution < 1.29 is 14.4 Å². The van der Waals surface area contributed by atoms with Crippen LogP contribution in [0.25, 0.3) is 0 Å². The lowest BCUT2D eigenvalue weighted by atomic mass is 10.3. The van der Waals surface area contributed by atoms with Gasteiger partial charge in [0.15, 0.2) is 0 Å². The van der Waals surface area contributed by atoms with Crippen molar-refractivity contribution in [2.24, 2.45) is 0 Å². The van der Waals surface area contributed by atoms with Crippen LogP contribution in [0.5, 0.6) is 11.5 Å². The normalized spacial score (nSPS) is 9.67. The molecule has 0 heterocycles. The van der Waals surface area contributed by atoms with Gasteiger partial charge in [-0.1, -0.05) is 0 Å². The Kier molecular flexibility index (Phi) is 8.56. The van der Waals surface area contributed by atoms with Crippen molar-refractivity contribution in [2.75, 3.05) is 18.9 Å². The molecule has 24 heavy (non-hydrogen) atoms. The summed E-state index contributed by atoms with van der Waals surface area (Å²) in [5.74, 6) is 1.45. The zero-order valence-corrected chi connectivity index (χ0v) is 16.5. The highest BCUT2D eigenvalue weighted by Gasteiger charge is 2.08. The number of anilines is 1. The molecule has 0 fully saturated rings. The molecule has 2 aromatic carbocycles. The summed E-state index contributed by atoms with van der Waals surface area (Å²) in [4.78, 5) is 9.92. The number of nitro benzene ring substituents is 1. The average Bonchev–Trinajstić information content (AvgIpc) is 2.53. The molecule has 0 aromatic heterocycles. The van der Waals surface area contributed by atoms with E-state index < -0.39 is 4.92 Å². The van der Waals surface area contributed by atoms with Crippen molar-refractivity contribution in [3.05, 3.63) is 55.5 Å². The first-order valence-corrected chi connectivity index (χ1v) is 8.72. The van der Waals surface area contributed by atoms with E-state index in [1.54, 1.807) is 6.07 Å². The fraction of sp³-hybridized carbons (Fsp3) is 0.250. The third-order valence-corrected chi connectivity index (χ3v) is 3.92. The highest BCUT2D eigenvalue weighted by atomic mass is 79.9. The molecule has 0 aliphatic carbocycles. The summed E-state index contributed by atoms with van der Waals surface area (Å²) >= 11 is 6.53. The first kappa shape index (κ1) is 20.2. The fourth-order valence-corrected chi connectivity index (χ4v) is 2.66. The number of ether oxygens (including phenoxy) is 2. The molecule has 6 nitrogen and oxygen atoms in total. The molecule has 8 heteroatoms. The highest BCUT2D eigenvalue weighted by molar-refractivity contribution is 9.10. The van der Waals surface area contributed by atoms with Gasteiger partial charge in [-0.05, 0) is 70.0 Å². The molecule has 2 aromatic rings. The lowest BCUT2D eigenvalue weighted by Gasteiger charge is -2.05. The Labute approximate surface area is 157 Å². The predicted molar refractivity (Wildman–Crippen MR) is 102 cm³/mol. The van der Waals surface area contributed by atoms with Gasteiger partial charge in [0.1, 0.15) is 11.5 Å². The second kappa shape index (κ2) is 10.1. The molecule has 0 saturated carbocycles. The molecule has 2 N–H and O–H groups in total. The third-order valence-electron chi connectivity index (χ3n) is 2.68. The minimum absolute atomic E-state index is 0.0512. The number of hydrogen-bond acceptors (Lipinski definition) is 5. The van der Waals surface area contributed by atoms with Crippen molar-refractivity contribution in [1.29, 1.82) is 0 Å². The van der Waals surface area contributed by atoms with Crippen LogP contribution in [-0.2, 0) is 0 Å². The lowest BCUT2D eigenvalue weighted by molar-refractivity contribution is -0.385. The summed E-state index contributed by atoms with van der Waals surface area (Å²) in [6, 6.07) is 9.90. The van der Waals surface area contributed by atoms with Crippen molar-refractivity contribution in [3.8, 4) is 11.5 Å². The topological polar surface area (TPSA) is 87.6 Å². The van der Waals surface area contributed by atoms with E-state index in [1.165, 1.54) is 12.1 Å². The van der Waals surface area contributed by atoms with E-state index in [4.69, 9.17) is 15.2 Å². The lowest BCUT2D eigenvalue weighted by Crippen LogP contribution is -1.93. The number of nitro groups is 1. The molecule has 2 rings (SSSR count). The van der Waals surface area contributed by atoms with Crippen molar-refractivity contribution in [2.45, 2.75) is 13.8 Å². The van der Waals surface area contributed by atoms with Gasteiger partial charge in [0.25, 0.3) is 5.69 Å². The van der Waals surface area contributed by atoms with Crippen LogP contribution in [0.15, 0.2) is 45.3 Å². The summed E-state index contributed by atoms with van der Waals surface area (Å²) in [7, 11) is 0. The van der Waals surface area contributed by atoms with Crippen LogP contribution < -0.4 is 15.2 Å². The summed E-state index contributed by atoms with van der Waals surface area (Å²) in [5.41, 5.74) is 6.33. The van der Waals surface area contributed by atoms with Gasteiger partial charge in [-0.3, -0.25) is 10.1 Å². The van der Waals surface area contributed by atoms with Crippen LogP contribution in [0.4, 0.5) is 11.4 Å². The first-order chi connectivity index (χ1) is 11.4. The van der Waals surface area contributed by atoms with Crippen LogP contribution in [-0.4, -0.2) is 18.1 Å². The SMILES string of the molecule is CCOc1ccc(N)cc1Br.CCOc1ccc([N+](=O)[O-])cc1Br. The van der Waals surface area contributed by atoms with Gasteiger partial charge in [-0.15, -0.1) is 0 Å². The Morgan fingerprint density at radius 1 is 1.00 bits per heavy atom. The fourth-order valence-electron chi connectivity index (χ4n) is 1.67. The summed E-state index contributed by atoms with van der Waals surface area (Å²) in [6.45, 7) is 5.01. The summed E-state index contributed by atoms with van der Waals surface area (Å²) < 4.78 is 12.0. The number of rotatable bonds is 5. The van der Waals surface area contributed by atoms with E-state index in [2.05, 4.69) is 31.9 Å². The maximum atomic E-state index is 10.4. The molecule has 0 aliphatic heterocycles. The van der Waals surface area contributed by atoms with Crippen molar-refractivity contribution >= 4 is 43.2 Å². The van der Waals surface area contributed by atoms with E-state index in [0.717, 1.165) is 15.9 Å². The number of non-ortho nitro benzene ring substituents is 1. The molecule has 0 bridgehead atoms. The van der Waals surface area contributed by atoms with E-state index in [-0.39, 0.29) is 5.69 Å². The second-order valence-electron chi connectivity index (χ2n) is 4.43. The highest BCUT2D eigenvalue weighted by Crippen LogP contribution is 2.29. The number of hydrogen-bond donors (Lipinski definition) is 1. The molecule has 0 spiro atoms. The van der Waals surface area contributed by atoms with Crippen molar-refractivity contribution in [1.82, 2.24) is 0 Å². The van der Waals surface area contributed by atoms with Gasteiger partial charge in [0.2, 0.25) is 0 Å². The summed E-state index contributed by atoms with van der Waals surface area (Å²) in [6.07, 6.45) is 0. The van der Waals surface area contributed by atoms with Crippen LogP contribution in [0.3, 0.4) is 0 Å². The number of nitrogen functional groups attached to an aromatic ring is 1. The largest absolute Gasteiger partial charge is 0.493 e. The zero-order chi connectivity index (χ0) is 18.1. The maximum Gasteiger partial charge on any atom is 0.270 e. The monoisotopic (exact) mass is 460 g/mol. The van der Waals surface area contributed by atoms with Gasteiger partial charge in [0, 0.05) is 17.8 Å². The van der Waals surface area contributed by atoms with Crippen LogP contribution in [0, 0.1) is 10.1 Å². The predicted octanol–water partition coefficient (Wildman–Crippen LogP) is 5.19. The molecule has 0 unspecified atom stereocenters. The Hall–Kier alpha value is -1.80. The molecule has 0 saturated heterocycles. The number of benzene rings is 2. The number of halogens is 2. The minimum Gasteiger partial charge on any atom is -0.493 e. The molecular formula is C16H18Br2N2O4. The molecular weight excluding hydrogens is 444 g/mol. The summed E-state index contributed by atoms with van der Waals surface area (Å²) in [5, 5.41) is 10.4. The van der Waals surface area contributed by atoms with Gasteiger partial charge in [-0.25, -0.2) is 0 Å². The van der Waals surface area contributed by atoms with Crippen LogP contribution >= 0.6 is 31.9 Å². The van der Waals surface area contributed by atoms with Crippen molar-refractivity contribution in [3.63, 3.8) is 0 Å². The smallest absolute Gasteiger partial charge is 0.270 e. The molecule has 0 aliphatic rings. The van der Waals surface area contributed by atoms with E-state index in [0.29, 0.717) is 23.4 Å².